The van der Waals surface area contributed by atoms with Crippen LogP contribution in [0.25, 0.3) is 27.9 Å². The first-order valence-electron chi connectivity index (χ1n) is 9.76. The van der Waals surface area contributed by atoms with Gasteiger partial charge in [0.2, 0.25) is 0 Å². The average Bonchev–Trinajstić information content (AvgIpc) is 3.28. The number of para-hydroxylation sites is 1. The summed E-state index contributed by atoms with van der Waals surface area (Å²) in [6.07, 6.45) is 4.44. The van der Waals surface area contributed by atoms with Gasteiger partial charge in [0.1, 0.15) is 0 Å². The van der Waals surface area contributed by atoms with Crippen LogP contribution in [0.5, 0.6) is 0 Å². The molecule has 0 radical (unpaired) electrons. The maximum atomic E-state index is 5.03. The lowest BCUT2D eigenvalue weighted by Crippen LogP contribution is -2.32. The summed E-state index contributed by atoms with van der Waals surface area (Å²) < 4.78 is 1.89. The lowest BCUT2D eigenvalue weighted by Gasteiger charge is -2.33. The molecule has 3 heterocycles. The van der Waals surface area contributed by atoms with E-state index >= 15 is 0 Å². The maximum Gasteiger partial charge on any atom is 0.251 e. The summed E-state index contributed by atoms with van der Waals surface area (Å²) >= 11 is 0. The number of fused-ring (bicyclic) bond motifs is 7. The zero-order valence-electron chi connectivity index (χ0n) is 16.2. The van der Waals surface area contributed by atoms with Crippen molar-refractivity contribution >= 4 is 16.7 Å². The van der Waals surface area contributed by atoms with Crippen molar-refractivity contribution in [3.8, 4) is 11.3 Å². The summed E-state index contributed by atoms with van der Waals surface area (Å²) in [6, 6.07) is 8.37. The number of aromatic nitrogens is 5. The van der Waals surface area contributed by atoms with Crippen molar-refractivity contribution in [1.29, 1.82) is 0 Å². The molecule has 0 saturated heterocycles. The van der Waals surface area contributed by atoms with Crippen LogP contribution < -0.4 is 0 Å². The van der Waals surface area contributed by atoms with Crippen LogP contribution in [0, 0.1) is 12.3 Å². The molecule has 1 fully saturated rings. The number of nitrogens with one attached hydrogen (secondary N) is 1. The molecule has 1 aromatic carbocycles. The van der Waals surface area contributed by atoms with Crippen molar-refractivity contribution in [3.63, 3.8) is 0 Å². The summed E-state index contributed by atoms with van der Waals surface area (Å²) in [6.45, 7) is 9.21. The zero-order valence-corrected chi connectivity index (χ0v) is 16.2. The Morgan fingerprint density at radius 2 is 1.96 bits per heavy atom. The highest BCUT2D eigenvalue weighted by atomic mass is 15.3. The fourth-order valence-electron chi connectivity index (χ4n) is 5.60. The lowest BCUT2D eigenvalue weighted by molar-refractivity contribution is 0.226. The highest BCUT2D eigenvalue weighted by molar-refractivity contribution is 5.96. The minimum absolute atomic E-state index is 0.106. The molecule has 136 valence electrons. The van der Waals surface area contributed by atoms with Gasteiger partial charge in [-0.05, 0) is 31.2 Å². The van der Waals surface area contributed by atoms with Gasteiger partial charge in [-0.3, -0.25) is 0 Å². The molecule has 0 unspecified atom stereocenters. The first kappa shape index (κ1) is 15.4. The fourth-order valence-corrected chi connectivity index (χ4v) is 5.60. The maximum absolute atomic E-state index is 5.03. The first-order valence-corrected chi connectivity index (χ1v) is 9.76. The third kappa shape index (κ3) is 1.68. The Morgan fingerprint density at radius 1 is 1.15 bits per heavy atom. The van der Waals surface area contributed by atoms with Gasteiger partial charge in [-0.25, -0.2) is 14.5 Å². The van der Waals surface area contributed by atoms with Crippen LogP contribution in [0.4, 0.5) is 0 Å². The summed E-state index contributed by atoms with van der Waals surface area (Å²) in [5, 5.41) is 6.22. The number of imidazole rings is 1. The van der Waals surface area contributed by atoms with E-state index < -0.39 is 0 Å². The first-order chi connectivity index (χ1) is 12.9. The molecule has 2 aliphatic carbocycles. The number of H-pyrrole nitrogens is 1. The van der Waals surface area contributed by atoms with E-state index in [-0.39, 0.29) is 10.8 Å². The minimum atomic E-state index is 0.106. The van der Waals surface area contributed by atoms with Gasteiger partial charge in [0.05, 0.1) is 23.3 Å². The summed E-state index contributed by atoms with van der Waals surface area (Å²) in [4.78, 5) is 13.3. The van der Waals surface area contributed by atoms with E-state index in [0.717, 1.165) is 22.5 Å². The molecule has 1 N–H and O–H groups in total. The molecule has 0 amide bonds. The summed E-state index contributed by atoms with van der Waals surface area (Å²) in [5.41, 5.74) is 7.02. The molecular weight excluding hydrogens is 334 g/mol. The quantitative estimate of drug-likeness (QED) is 0.534. The largest absolute Gasteiger partial charge is 0.358 e. The molecule has 0 spiro atoms. The molecular formula is C22H23N5. The average molecular weight is 357 g/mol. The Balaban J connectivity index is 1.59. The number of hydrogen-bond donors (Lipinski definition) is 1. The molecule has 3 aromatic heterocycles. The monoisotopic (exact) mass is 357 g/mol. The van der Waals surface area contributed by atoms with E-state index in [1.165, 1.54) is 29.6 Å². The predicted octanol–water partition coefficient (Wildman–Crippen LogP) is 4.76. The van der Waals surface area contributed by atoms with Gasteiger partial charge in [0.15, 0.2) is 0 Å². The Labute approximate surface area is 157 Å². The fraction of sp³-hybridized carbons (Fsp3) is 0.409. The van der Waals surface area contributed by atoms with E-state index in [2.05, 4.69) is 56.9 Å². The molecule has 1 saturated carbocycles. The van der Waals surface area contributed by atoms with Crippen LogP contribution in [0.15, 0.2) is 30.5 Å². The third-order valence-electron chi connectivity index (χ3n) is 7.57. The van der Waals surface area contributed by atoms with Crippen molar-refractivity contribution in [3.05, 3.63) is 47.5 Å². The summed E-state index contributed by atoms with van der Waals surface area (Å²) in [7, 11) is 0. The van der Waals surface area contributed by atoms with Gasteiger partial charge in [-0.15, -0.1) is 0 Å². The van der Waals surface area contributed by atoms with Crippen LogP contribution in [0.2, 0.25) is 0 Å². The topological polar surface area (TPSA) is 58.9 Å². The Hall–Kier alpha value is -2.69. The number of aryl methyl sites for hydroxylation is 1. The SMILES string of the molecule is Cc1[nH]c2ccccc2c1-c1cn2nc3c(nc2n1)[C@H]1CC[C@@]3(C)C1(C)C. The van der Waals surface area contributed by atoms with Crippen molar-refractivity contribution in [2.24, 2.45) is 5.41 Å². The van der Waals surface area contributed by atoms with Gasteiger partial charge < -0.3 is 4.98 Å². The van der Waals surface area contributed by atoms with Crippen molar-refractivity contribution < 1.29 is 0 Å². The molecule has 0 aliphatic heterocycles. The highest BCUT2D eigenvalue weighted by Gasteiger charge is 2.61. The molecule has 4 aromatic rings. The molecule has 27 heavy (non-hydrogen) atoms. The predicted molar refractivity (Wildman–Crippen MR) is 106 cm³/mol. The van der Waals surface area contributed by atoms with E-state index in [9.17, 15) is 0 Å². The standard InChI is InChI=1S/C22H23N5/c1-12-17(13-7-5-6-8-15(13)23-12)16-11-27-20(24-16)25-18-14-9-10-22(4,19(18)26-27)21(14,2)3/h5-8,11,14,23H,9-10H2,1-4H3/t14-,22-/m1/s1. The Kier molecular flexibility index (Phi) is 2.61. The molecule has 2 bridgehead atoms. The number of rotatable bonds is 1. The second-order valence-electron chi connectivity index (χ2n) is 9.03. The zero-order chi connectivity index (χ0) is 18.6. The van der Waals surface area contributed by atoms with Gasteiger partial charge >= 0.3 is 0 Å². The Bertz CT molecular complexity index is 1240. The van der Waals surface area contributed by atoms with E-state index in [0.29, 0.717) is 11.7 Å². The second-order valence-corrected chi connectivity index (χ2v) is 9.03. The van der Waals surface area contributed by atoms with Crippen molar-refractivity contribution in [2.75, 3.05) is 0 Å². The van der Waals surface area contributed by atoms with E-state index in [1.54, 1.807) is 0 Å². The lowest BCUT2D eigenvalue weighted by atomic mass is 9.70. The van der Waals surface area contributed by atoms with Crippen molar-refractivity contribution in [1.82, 2.24) is 24.6 Å². The second kappa shape index (κ2) is 4.58. The third-order valence-corrected chi connectivity index (χ3v) is 7.57. The number of hydrogen-bond acceptors (Lipinski definition) is 3. The van der Waals surface area contributed by atoms with Crippen LogP contribution in [0.3, 0.4) is 0 Å². The van der Waals surface area contributed by atoms with E-state index in [4.69, 9.17) is 15.1 Å². The normalized spacial score (nSPS) is 25.6. The van der Waals surface area contributed by atoms with E-state index in [1.807, 2.05) is 10.7 Å². The highest BCUT2D eigenvalue weighted by Crippen LogP contribution is 2.66. The molecule has 2 aliphatic rings. The number of aromatic amines is 1. The van der Waals surface area contributed by atoms with Gasteiger partial charge in [-0.1, -0.05) is 39.0 Å². The van der Waals surface area contributed by atoms with Gasteiger partial charge in [0.25, 0.3) is 5.78 Å². The van der Waals surface area contributed by atoms with Crippen LogP contribution in [-0.2, 0) is 5.41 Å². The van der Waals surface area contributed by atoms with Crippen LogP contribution in [-0.4, -0.2) is 24.6 Å². The number of nitrogens with zero attached hydrogens (tertiary/aromatic N) is 4. The molecule has 5 nitrogen and oxygen atoms in total. The molecule has 5 heteroatoms. The van der Waals surface area contributed by atoms with Crippen LogP contribution in [0.1, 0.15) is 56.6 Å². The van der Waals surface area contributed by atoms with Gasteiger partial charge in [-0.2, -0.15) is 5.10 Å². The Morgan fingerprint density at radius 3 is 2.81 bits per heavy atom. The summed E-state index contributed by atoms with van der Waals surface area (Å²) in [5.74, 6) is 1.20. The van der Waals surface area contributed by atoms with Gasteiger partial charge in [0, 0.05) is 33.5 Å². The molecule has 2 atom stereocenters. The smallest absolute Gasteiger partial charge is 0.251 e. The van der Waals surface area contributed by atoms with Crippen LogP contribution >= 0.6 is 0 Å². The number of benzene rings is 1. The molecule has 6 rings (SSSR count). The minimum Gasteiger partial charge on any atom is -0.358 e. The van der Waals surface area contributed by atoms with Crippen molar-refractivity contribution in [2.45, 2.75) is 51.9 Å².